The molecule has 0 bridgehead atoms. The molecule has 5 nitrogen and oxygen atoms in total. The second kappa shape index (κ2) is 6.96. The molecule has 0 aliphatic rings. The van der Waals surface area contributed by atoms with Crippen molar-refractivity contribution >= 4 is 0 Å². The van der Waals surface area contributed by atoms with Crippen molar-refractivity contribution in [1.82, 2.24) is 9.78 Å². The monoisotopic (exact) mass is 275 g/mol. The first-order chi connectivity index (χ1) is 9.78. The highest BCUT2D eigenvalue weighted by Gasteiger charge is 2.11. The lowest BCUT2D eigenvalue weighted by Crippen LogP contribution is -2.05. The molecule has 0 unspecified atom stereocenters. The first-order valence-electron chi connectivity index (χ1n) is 6.70. The van der Waals surface area contributed by atoms with Crippen LogP contribution in [-0.4, -0.2) is 30.5 Å². The minimum atomic E-state index is 0.673. The number of methoxy groups -OCH3 is 2. The normalized spacial score (nSPS) is 10.6. The Morgan fingerprint density at radius 2 is 1.90 bits per heavy atom. The molecule has 0 spiro atoms. The smallest absolute Gasteiger partial charge is 0.215 e. The van der Waals surface area contributed by atoms with Crippen molar-refractivity contribution in [3.8, 4) is 11.6 Å². The molecule has 0 atom stereocenters. The minimum absolute atomic E-state index is 0.673. The van der Waals surface area contributed by atoms with Crippen LogP contribution in [0.3, 0.4) is 0 Å². The molecule has 1 heterocycles. The van der Waals surface area contributed by atoms with Gasteiger partial charge in [0, 0.05) is 5.56 Å². The molecule has 0 aliphatic heterocycles. The van der Waals surface area contributed by atoms with E-state index in [9.17, 15) is 0 Å². The van der Waals surface area contributed by atoms with Crippen molar-refractivity contribution in [3.05, 3.63) is 41.6 Å². The van der Waals surface area contributed by atoms with Gasteiger partial charge in [0.1, 0.15) is 5.75 Å². The predicted molar refractivity (Wildman–Crippen MR) is 78.3 cm³/mol. The zero-order valence-corrected chi connectivity index (χ0v) is 12.0. The summed E-state index contributed by atoms with van der Waals surface area (Å²) in [5.41, 5.74) is 7.80. The number of benzene rings is 1. The molecule has 2 aromatic rings. The van der Waals surface area contributed by atoms with Gasteiger partial charge >= 0.3 is 0 Å². The molecule has 0 saturated heterocycles. The van der Waals surface area contributed by atoms with Crippen LogP contribution in [-0.2, 0) is 13.0 Å². The molecule has 2 N–H and O–H groups in total. The first kappa shape index (κ1) is 14.4. The van der Waals surface area contributed by atoms with E-state index in [4.69, 9.17) is 15.2 Å². The van der Waals surface area contributed by atoms with E-state index < -0.39 is 0 Å². The maximum absolute atomic E-state index is 5.55. The lowest BCUT2D eigenvalue weighted by Gasteiger charge is -2.09. The zero-order valence-electron chi connectivity index (χ0n) is 12.0. The van der Waals surface area contributed by atoms with E-state index in [1.807, 2.05) is 35.1 Å². The van der Waals surface area contributed by atoms with Gasteiger partial charge in [0.25, 0.3) is 0 Å². The summed E-state index contributed by atoms with van der Waals surface area (Å²) in [5, 5.41) is 4.40. The largest absolute Gasteiger partial charge is 0.497 e. The summed E-state index contributed by atoms with van der Waals surface area (Å²) in [4.78, 5) is 0. The number of nitrogens with two attached hydrogens (primary N) is 1. The quantitative estimate of drug-likeness (QED) is 0.837. The van der Waals surface area contributed by atoms with Crippen LogP contribution in [0.1, 0.15) is 17.5 Å². The van der Waals surface area contributed by atoms with E-state index in [0.29, 0.717) is 13.1 Å². The SMILES string of the molecule is COc1ccc(Cn2ncc(CCCN)c2OC)cc1. The van der Waals surface area contributed by atoms with Crippen LogP contribution < -0.4 is 15.2 Å². The number of aryl methyl sites for hydroxylation is 1. The number of hydrogen-bond donors (Lipinski definition) is 1. The highest BCUT2D eigenvalue weighted by molar-refractivity contribution is 5.29. The van der Waals surface area contributed by atoms with Crippen LogP contribution >= 0.6 is 0 Å². The van der Waals surface area contributed by atoms with Crippen molar-refractivity contribution in [2.45, 2.75) is 19.4 Å². The summed E-state index contributed by atoms with van der Waals surface area (Å²) in [7, 11) is 3.34. The summed E-state index contributed by atoms with van der Waals surface area (Å²) in [5.74, 6) is 1.67. The molecular weight excluding hydrogens is 254 g/mol. The van der Waals surface area contributed by atoms with Crippen molar-refractivity contribution < 1.29 is 9.47 Å². The summed E-state index contributed by atoms with van der Waals surface area (Å²) >= 11 is 0. The predicted octanol–water partition coefficient (Wildman–Crippen LogP) is 1.84. The third-order valence-electron chi connectivity index (χ3n) is 3.20. The summed E-state index contributed by atoms with van der Waals surface area (Å²) < 4.78 is 12.5. The van der Waals surface area contributed by atoms with Crippen LogP contribution in [0.25, 0.3) is 0 Å². The van der Waals surface area contributed by atoms with Gasteiger partial charge in [-0.05, 0) is 37.1 Å². The van der Waals surface area contributed by atoms with E-state index in [0.717, 1.165) is 35.6 Å². The van der Waals surface area contributed by atoms with Crippen LogP contribution in [0.2, 0.25) is 0 Å². The zero-order chi connectivity index (χ0) is 14.4. The molecule has 1 aromatic heterocycles. The van der Waals surface area contributed by atoms with Gasteiger partial charge in [-0.2, -0.15) is 5.10 Å². The maximum atomic E-state index is 5.55. The lowest BCUT2D eigenvalue weighted by molar-refractivity contribution is 0.362. The van der Waals surface area contributed by atoms with Crippen molar-refractivity contribution in [1.29, 1.82) is 0 Å². The van der Waals surface area contributed by atoms with E-state index in [-0.39, 0.29) is 0 Å². The van der Waals surface area contributed by atoms with Crippen molar-refractivity contribution in [2.75, 3.05) is 20.8 Å². The van der Waals surface area contributed by atoms with Crippen molar-refractivity contribution in [2.24, 2.45) is 5.73 Å². The third kappa shape index (κ3) is 3.30. The Morgan fingerprint density at radius 3 is 2.50 bits per heavy atom. The van der Waals surface area contributed by atoms with Gasteiger partial charge < -0.3 is 15.2 Å². The van der Waals surface area contributed by atoms with Crippen LogP contribution in [0.15, 0.2) is 30.5 Å². The fourth-order valence-corrected chi connectivity index (χ4v) is 2.13. The van der Waals surface area contributed by atoms with E-state index in [1.54, 1.807) is 14.2 Å². The Morgan fingerprint density at radius 1 is 1.15 bits per heavy atom. The molecule has 0 fully saturated rings. The number of hydrogen-bond acceptors (Lipinski definition) is 4. The Bertz CT molecular complexity index is 535. The van der Waals surface area contributed by atoms with Crippen LogP contribution in [0.4, 0.5) is 0 Å². The van der Waals surface area contributed by atoms with Gasteiger partial charge in [-0.25, -0.2) is 4.68 Å². The van der Waals surface area contributed by atoms with E-state index in [2.05, 4.69) is 5.10 Å². The highest BCUT2D eigenvalue weighted by atomic mass is 16.5. The minimum Gasteiger partial charge on any atom is -0.497 e. The molecular formula is C15H21N3O2. The number of ether oxygens (including phenoxy) is 2. The molecule has 1 aromatic carbocycles. The standard InChI is InChI=1S/C15H21N3O2/c1-19-14-7-5-12(6-8-14)11-18-15(20-2)13(10-17-18)4-3-9-16/h5-8,10H,3-4,9,11,16H2,1-2H3. The number of aromatic nitrogens is 2. The van der Waals surface area contributed by atoms with Gasteiger partial charge in [-0.1, -0.05) is 12.1 Å². The Labute approximate surface area is 119 Å². The van der Waals surface area contributed by atoms with Gasteiger partial charge in [0.2, 0.25) is 5.88 Å². The summed E-state index contributed by atoms with van der Waals surface area (Å²) in [6.07, 6.45) is 3.69. The fourth-order valence-electron chi connectivity index (χ4n) is 2.13. The average molecular weight is 275 g/mol. The number of rotatable bonds is 7. The van der Waals surface area contributed by atoms with Gasteiger partial charge in [-0.3, -0.25) is 0 Å². The van der Waals surface area contributed by atoms with Crippen molar-refractivity contribution in [3.63, 3.8) is 0 Å². The summed E-state index contributed by atoms with van der Waals surface area (Å²) in [6, 6.07) is 7.94. The summed E-state index contributed by atoms with van der Waals surface area (Å²) in [6.45, 7) is 1.35. The fraction of sp³-hybridized carbons (Fsp3) is 0.400. The molecule has 0 amide bonds. The Hall–Kier alpha value is -2.01. The Kier molecular flexibility index (Phi) is 5.01. The van der Waals surface area contributed by atoms with Crippen LogP contribution in [0, 0.1) is 0 Å². The molecule has 20 heavy (non-hydrogen) atoms. The van der Waals surface area contributed by atoms with Gasteiger partial charge in [-0.15, -0.1) is 0 Å². The lowest BCUT2D eigenvalue weighted by atomic mass is 10.2. The molecule has 2 rings (SSSR count). The molecule has 5 heteroatoms. The highest BCUT2D eigenvalue weighted by Crippen LogP contribution is 2.21. The molecule has 0 saturated carbocycles. The van der Waals surface area contributed by atoms with E-state index in [1.165, 1.54) is 0 Å². The maximum Gasteiger partial charge on any atom is 0.215 e. The molecule has 0 aliphatic carbocycles. The average Bonchev–Trinajstić information content (AvgIpc) is 2.87. The first-order valence-corrected chi connectivity index (χ1v) is 6.70. The Balaban J connectivity index is 2.13. The number of nitrogens with zero attached hydrogens (tertiary/aromatic N) is 2. The second-order valence-corrected chi connectivity index (χ2v) is 4.58. The molecule has 0 radical (unpaired) electrons. The van der Waals surface area contributed by atoms with E-state index >= 15 is 0 Å². The second-order valence-electron chi connectivity index (χ2n) is 4.58. The van der Waals surface area contributed by atoms with Crippen LogP contribution in [0.5, 0.6) is 11.6 Å². The topological polar surface area (TPSA) is 62.3 Å². The van der Waals surface area contributed by atoms with Gasteiger partial charge in [0.15, 0.2) is 0 Å². The third-order valence-corrected chi connectivity index (χ3v) is 3.20. The molecule has 108 valence electrons. The van der Waals surface area contributed by atoms with Gasteiger partial charge in [0.05, 0.1) is 27.0 Å².